The second-order valence-corrected chi connectivity index (χ2v) is 6.94. The number of carbonyl (C=O) groups excluding carboxylic acids is 2. The molecule has 27 heavy (non-hydrogen) atoms. The molecule has 6 heteroatoms. The molecule has 1 fully saturated rings. The Labute approximate surface area is 163 Å². The Morgan fingerprint density at radius 2 is 1.70 bits per heavy atom. The van der Waals surface area contributed by atoms with Gasteiger partial charge in [-0.25, -0.2) is 0 Å². The minimum Gasteiger partial charge on any atom is -0.378 e. The third-order valence-corrected chi connectivity index (χ3v) is 4.98. The van der Waals surface area contributed by atoms with E-state index in [9.17, 15) is 9.59 Å². The number of hydrogen-bond acceptors (Lipinski definition) is 4. The molecule has 0 aliphatic carbocycles. The summed E-state index contributed by atoms with van der Waals surface area (Å²) in [6.07, 6.45) is 3.74. The first-order chi connectivity index (χ1) is 13.2. The van der Waals surface area contributed by atoms with Crippen LogP contribution >= 0.6 is 11.8 Å². The predicted octanol–water partition coefficient (Wildman–Crippen LogP) is 3.04. The minimum atomic E-state index is -0.302. The Morgan fingerprint density at radius 3 is 2.33 bits per heavy atom. The molecule has 1 heterocycles. The van der Waals surface area contributed by atoms with Gasteiger partial charge in [-0.1, -0.05) is 30.3 Å². The topological polar surface area (TPSA) is 58.6 Å². The number of morpholine rings is 1. The van der Waals surface area contributed by atoms with E-state index in [-0.39, 0.29) is 17.5 Å². The van der Waals surface area contributed by atoms with Crippen LogP contribution in [0.1, 0.15) is 15.9 Å². The first-order valence-corrected chi connectivity index (χ1v) is 9.99. The molecular formula is C21H22N2O3S. The SMILES string of the molecule is CSc1ccc(/C=C(\NC(=O)c2ccccc2)C(=O)N2CCOCC2)cc1. The van der Waals surface area contributed by atoms with E-state index < -0.39 is 0 Å². The van der Waals surface area contributed by atoms with Crippen LogP contribution in [0.2, 0.25) is 0 Å². The third-order valence-electron chi connectivity index (χ3n) is 4.24. The average Bonchev–Trinajstić information content (AvgIpc) is 2.74. The van der Waals surface area contributed by atoms with Crippen molar-refractivity contribution in [3.63, 3.8) is 0 Å². The van der Waals surface area contributed by atoms with Crippen LogP contribution < -0.4 is 5.32 Å². The van der Waals surface area contributed by atoms with E-state index in [0.717, 1.165) is 10.5 Å². The smallest absolute Gasteiger partial charge is 0.270 e. The summed E-state index contributed by atoms with van der Waals surface area (Å²) < 4.78 is 5.32. The van der Waals surface area contributed by atoms with Crippen molar-refractivity contribution in [2.24, 2.45) is 0 Å². The minimum absolute atomic E-state index is 0.198. The summed E-state index contributed by atoms with van der Waals surface area (Å²) in [4.78, 5) is 28.4. The lowest BCUT2D eigenvalue weighted by molar-refractivity contribution is -0.131. The molecule has 0 radical (unpaired) electrons. The molecule has 140 valence electrons. The first-order valence-electron chi connectivity index (χ1n) is 8.76. The Balaban J connectivity index is 1.86. The van der Waals surface area contributed by atoms with Crippen molar-refractivity contribution >= 4 is 29.7 Å². The molecule has 0 aromatic heterocycles. The van der Waals surface area contributed by atoms with Gasteiger partial charge in [-0.3, -0.25) is 9.59 Å². The molecule has 2 aromatic rings. The van der Waals surface area contributed by atoms with Gasteiger partial charge >= 0.3 is 0 Å². The van der Waals surface area contributed by atoms with Crippen LogP contribution in [0.3, 0.4) is 0 Å². The summed E-state index contributed by atoms with van der Waals surface area (Å²) in [7, 11) is 0. The molecule has 2 amide bonds. The summed E-state index contributed by atoms with van der Waals surface area (Å²) in [5.74, 6) is -0.499. The molecule has 0 saturated carbocycles. The van der Waals surface area contributed by atoms with Crippen LogP contribution in [0.25, 0.3) is 6.08 Å². The van der Waals surface area contributed by atoms with Gasteiger partial charge in [-0.2, -0.15) is 0 Å². The zero-order valence-corrected chi connectivity index (χ0v) is 16.0. The molecule has 0 spiro atoms. The van der Waals surface area contributed by atoms with Crippen LogP contribution in [-0.2, 0) is 9.53 Å². The molecule has 1 N–H and O–H groups in total. The molecule has 3 rings (SSSR count). The van der Waals surface area contributed by atoms with Gasteiger partial charge in [-0.15, -0.1) is 11.8 Å². The van der Waals surface area contributed by atoms with Gasteiger partial charge in [-0.05, 0) is 42.2 Å². The maximum atomic E-state index is 13.0. The van der Waals surface area contributed by atoms with E-state index in [0.29, 0.717) is 31.9 Å². The molecule has 1 aliphatic rings. The Bertz CT molecular complexity index is 813. The van der Waals surface area contributed by atoms with Crippen LogP contribution in [0, 0.1) is 0 Å². The highest BCUT2D eigenvalue weighted by molar-refractivity contribution is 7.98. The molecule has 1 aliphatic heterocycles. The van der Waals surface area contributed by atoms with E-state index in [4.69, 9.17) is 4.74 Å². The molecule has 0 bridgehead atoms. The van der Waals surface area contributed by atoms with Gasteiger partial charge in [0.1, 0.15) is 5.70 Å². The molecular weight excluding hydrogens is 360 g/mol. The number of amides is 2. The van der Waals surface area contributed by atoms with Crippen molar-refractivity contribution in [3.8, 4) is 0 Å². The third kappa shape index (κ3) is 5.21. The van der Waals surface area contributed by atoms with Gasteiger partial charge in [0.15, 0.2) is 0 Å². The van der Waals surface area contributed by atoms with E-state index in [1.54, 1.807) is 47.0 Å². The highest BCUT2D eigenvalue weighted by Gasteiger charge is 2.22. The number of rotatable bonds is 5. The van der Waals surface area contributed by atoms with Gasteiger partial charge in [0.05, 0.1) is 13.2 Å². The highest BCUT2D eigenvalue weighted by Crippen LogP contribution is 2.17. The maximum Gasteiger partial charge on any atom is 0.270 e. The van der Waals surface area contributed by atoms with Crippen molar-refractivity contribution < 1.29 is 14.3 Å². The largest absolute Gasteiger partial charge is 0.378 e. The van der Waals surface area contributed by atoms with Gasteiger partial charge < -0.3 is 15.0 Å². The normalized spacial score (nSPS) is 14.7. The second kappa shape index (κ2) is 9.39. The Kier molecular flexibility index (Phi) is 6.68. The Hall–Kier alpha value is -2.57. The maximum absolute atomic E-state index is 13.0. The standard InChI is InChI=1S/C21H22N2O3S/c1-27-18-9-7-16(8-10-18)15-19(21(25)23-11-13-26-14-12-23)22-20(24)17-5-3-2-4-6-17/h2-10,15H,11-14H2,1H3,(H,22,24)/b19-15-. The van der Waals surface area contributed by atoms with Crippen molar-refractivity contribution in [3.05, 3.63) is 71.4 Å². The van der Waals surface area contributed by atoms with E-state index in [2.05, 4.69) is 5.32 Å². The average molecular weight is 382 g/mol. The van der Waals surface area contributed by atoms with Crippen molar-refractivity contribution in [1.82, 2.24) is 10.2 Å². The van der Waals surface area contributed by atoms with Crippen molar-refractivity contribution in [1.29, 1.82) is 0 Å². The number of nitrogens with one attached hydrogen (secondary N) is 1. The number of hydrogen-bond donors (Lipinski definition) is 1. The number of nitrogens with zero attached hydrogens (tertiary/aromatic N) is 1. The lowest BCUT2D eigenvalue weighted by atomic mass is 10.1. The van der Waals surface area contributed by atoms with Crippen molar-refractivity contribution in [2.75, 3.05) is 32.6 Å². The summed E-state index contributed by atoms with van der Waals surface area (Å²) in [6, 6.07) is 16.7. The molecule has 0 atom stereocenters. The summed E-state index contributed by atoms with van der Waals surface area (Å²) in [5.41, 5.74) is 1.64. The number of thioether (sulfide) groups is 1. The summed E-state index contributed by atoms with van der Waals surface area (Å²) in [6.45, 7) is 2.05. The quantitative estimate of drug-likeness (QED) is 0.638. The number of benzene rings is 2. The van der Waals surface area contributed by atoms with Gasteiger partial charge in [0.25, 0.3) is 11.8 Å². The first kappa shape index (κ1) is 19.2. The van der Waals surface area contributed by atoms with E-state index >= 15 is 0 Å². The lowest BCUT2D eigenvalue weighted by Gasteiger charge is -2.27. The zero-order chi connectivity index (χ0) is 19.1. The van der Waals surface area contributed by atoms with Crippen LogP contribution in [0.15, 0.2) is 65.2 Å². The van der Waals surface area contributed by atoms with Gasteiger partial charge in [0.2, 0.25) is 0 Å². The van der Waals surface area contributed by atoms with Gasteiger partial charge in [0, 0.05) is 23.5 Å². The highest BCUT2D eigenvalue weighted by atomic mass is 32.2. The van der Waals surface area contributed by atoms with Crippen LogP contribution in [0.5, 0.6) is 0 Å². The summed E-state index contributed by atoms with van der Waals surface area (Å²) in [5, 5.41) is 2.79. The fraction of sp³-hybridized carbons (Fsp3) is 0.238. The van der Waals surface area contributed by atoms with E-state index in [1.807, 2.05) is 36.6 Å². The summed E-state index contributed by atoms with van der Waals surface area (Å²) >= 11 is 1.65. The second-order valence-electron chi connectivity index (χ2n) is 6.06. The van der Waals surface area contributed by atoms with Crippen LogP contribution in [-0.4, -0.2) is 49.3 Å². The molecule has 0 unspecified atom stereocenters. The monoisotopic (exact) mass is 382 g/mol. The zero-order valence-electron chi connectivity index (χ0n) is 15.2. The fourth-order valence-electron chi connectivity index (χ4n) is 2.74. The van der Waals surface area contributed by atoms with Crippen molar-refractivity contribution in [2.45, 2.75) is 4.90 Å². The molecule has 1 saturated heterocycles. The molecule has 5 nitrogen and oxygen atoms in total. The number of ether oxygens (including phenoxy) is 1. The Morgan fingerprint density at radius 1 is 1.04 bits per heavy atom. The molecule has 2 aromatic carbocycles. The van der Waals surface area contributed by atoms with E-state index in [1.165, 1.54) is 0 Å². The lowest BCUT2D eigenvalue weighted by Crippen LogP contribution is -2.44. The fourth-order valence-corrected chi connectivity index (χ4v) is 3.15. The number of carbonyl (C=O) groups is 2. The predicted molar refractivity (Wildman–Crippen MR) is 108 cm³/mol. The van der Waals surface area contributed by atoms with Crippen LogP contribution in [0.4, 0.5) is 0 Å².